The summed E-state index contributed by atoms with van der Waals surface area (Å²) >= 11 is 9.49. The lowest BCUT2D eigenvalue weighted by Crippen LogP contribution is -2.33. The summed E-state index contributed by atoms with van der Waals surface area (Å²) in [6.45, 7) is 3.80. The number of rotatable bonds is 3. The first-order chi connectivity index (χ1) is 11.4. The molecule has 1 aliphatic rings. The highest BCUT2D eigenvalue weighted by molar-refractivity contribution is 9.10. The molecule has 0 aromatic heterocycles. The number of hydrogen-bond acceptors (Lipinski definition) is 3. The van der Waals surface area contributed by atoms with Crippen molar-refractivity contribution in [3.8, 4) is 0 Å². The number of anilines is 2. The summed E-state index contributed by atoms with van der Waals surface area (Å²) in [5.74, 6) is -0.975. The van der Waals surface area contributed by atoms with Gasteiger partial charge in [-0.1, -0.05) is 39.7 Å². The average molecular weight is 406 g/mol. The molecule has 24 heavy (non-hydrogen) atoms. The largest absolute Gasteiger partial charge is 0.350 e. The van der Waals surface area contributed by atoms with Gasteiger partial charge in [0.2, 0.25) is 0 Å². The van der Waals surface area contributed by atoms with Crippen molar-refractivity contribution in [2.45, 2.75) is 13.8 Å². The Balaban J connectivity index is 1.95. The molecule has 4 nitrogen and oxygen atoms in total. The zero-order chi connectivity index (χ0) is 17.4. The Labute approximate surface area is 153 Å². The number of aryl methyl sites for hydroxylation is 1. The minimum absolute atomic E-state index is 0.0879. The van der Waals surface area contributed by atoms with E-state index in [2.05, 4.69) is 21.2 Å². The molecule has 0 saturated carbocycles. The number of benzene rings is 2. The fourth-order valence-electron chi connectivity index (χ4n) is 2.49. The highest BCUT2D eigenvalue weighted by Gasteiger charge is 2.39. The SMILES string of the molecule is Cc1cccc(N2C(=O)C(Cl)=C(Nc3ccc(Br)cc3)C2=O)c1C. The molecule has 0 bridgehead atoms. The van der Waals surface area contributed by atoms with Crippen LogP contribution in [-0.4, -0.2) is 11.8 Å². The Bertz CT molecular complexity index is 875. The Hall–Kier alpha value is -2.11. The molecule has 2 aromatic carbocycles. The van der Waals surface area contributed by atoms with Crippen molar-refractivity contribution in [1.82, 2.24) is 0 Å². The minimum Gasteiger partial charge on any atom is -0.350 e. The number of nitrogens with one attached hydrogen (secondary N) is 1. The number of halogens is 2. The van der Waals surface area contributed by atoms with Gasteiger partial charge in [-0.3, -0.25) is 9.59 Å². The molecule has 2 amide bonds. The van der Waals surface area contributed by atoms with Crippen LogP contribution in [0.1, 0.15) is 11.1 Å². The van der Waals surface area contributed by atoms with E-state index in [4.69, 9.17) is 11.6 Å². The van der Waals surface area contributed by atoms with Gasteiger partial charge in [0.05, 0.1) is 5.69 Å². The molecule has 0 fully saturated rings. The second-order valence-electron chi connectivity index (χ2n) is 5.49. The third-order valence-electron chi connectivity index (χ3n) is 3.96. The fraction of sp³-hybridized carbons (Fsp3) is 0.111. The summed E-state index contributed by atoms with van der Waals surface area (Å²) in [6, 6.07) is 12.7. The summed E-state index contributed by atoms with van der Waals surface area (Å²) in [4.78, 5) is 26.4. The first-order valence-corrected chi connectivity index (χ1v) is 8.44. The van der Waals surface area contributed by atoms with Crippen molar-refractivity contribution < 1.29 is 9.59 Å². The number of hydrogen-bond donors (Lipinski definition) is 1. The van der Waals surface area contributed by atoms with E-state index in [0.29, 0.717) is 11.4 Å². The van der Waals surface area contributed by atoms with Gasteiger partial charge in [-0.25, -0.2) is 4.90 Å². The van der Waals surface area contributed by atoms with Crippen LogP contribution >= 0.6 is 27.5 Å². The number of carbonyl (C=O) groups is 2. The molecule has 3 rings (SSSR count). The smallest absolute Gasteiger partial charge is 0.283 e. The van der Waals surface area contributed by atoms with Crippen molar-refractivity contribution >= 4 is 50.7 Å². The summed E-state index contributed by atoms with van der Waals surface area (Å²) in [7, 11) is 0. The van der Waals surface area contributed by atoms with Crippen molar-refractivity contribution in [3.05, 3.63) is 68.8 Å². The van der Waals surface area contributed by atoms with E-state index in [1.165, 1.54) is 0 Å². The molecule has 1 aliphatic heterocycles. The number of carbonyl (C=O) groups excluding carboxylic acids is 2. The van der Waals surface area contributed by atoms with Gasteiger partial charge < -0.3 is 5.32 Å². The van der Waals surface area contributed by atoms with Gasteiger partial charge >= 0.3 is 0 Å². The van der Waals surface area contributed by atoms with E-state index in [-0.39, 0.29) is 10.7 Å². The van der Waals surface area contributed by atoms with Crippen molar-refractivity contribution in [1.29, 1.82) is 0 Å². The number of nitrogens with zero attached hydrogens (tertiary/aromatic N) is 1. The third kappa shape index (κ3) is 2.85. The molecule has 0 spiro atoms. The topological polar surface area (TPSA) is 49.4 Å². The quantitative estimate of drug-likeness (QED) is 0.765. The summed E-state index contributed by atoms with van der Waals surface area (Å²) in [5, 5.41) is 2.84. The minimum atomic E-state index is -0.519. The van der Waals surface area contributed by atoms with Crippen LogP contribution in [0.15, 0.2) is 57.7 Å². The number of amides is 2. The molecule has 0 unspecified atom stereocenters. The lowest BCUT2D eigenvalue weighted by atomic mass is 10.1. The molecule has 0 atom stereocenters. The maximum Gasteiger partial charge on any atom is 0.283 e. The molecule has 2 aromatic rings. The van der Waals surface area contributed by atoms with Crippen molar-refractivity contribution in [2.24, 2.45) is 0 Å². The molecule has 122 valence electrons. The summed E-state index contributed by atoms with van der Waals surface area (Å²) in [6.07, 6.45) is 0. The Morgan fingerprint density at radius 3 is 2.33 bits per heavy atom. The van der Waals surface area contributed by atoms with Crippen LogP contribution in [0.25, 0.3) is 0 Å². The molecular formula is C18H14BrClN2O2. The van der Waals surface area contributed by atoms with Gasteiger partial charge in [0, 0.05) is 10.2 Å². The van der Waals surface area contributed by atoms with Crippen LogP contribution in [-0.2, 0) is 9.59 Å². The summed E-state index contributed by atoms with van der Waals surface area (Å²) in [5.41, 5.74) is 3.18. The normalized spacial score (nSPS) is 14.6. The molecule has 0 saturated heterocycles. The van der Waals surface area contributed by atoms with E-state index in [9.17, 15) is 9.59 Å². The Kier molecular flexibility index (Phi) is 4.47. The van der Waals surface area contributed by atoms with E-state index in [1.807, 2.05) is 38.1 Å². The van der Waals surface area contributed by atoms with E-state index in [0.717, 1.165) is 20.5 Å². The van der Waals surface area contributed by atoms with Gasteiger partial charge in [-0.05, 0) is 55.3 Å². The zero-order valence-electron chi connectivity index (χ0n) is 13.1. The lowest BCUT2D eigenvalue weighted by Gasteiger charge is -2.18. The summed E-state index contributed by atoms with van der Waals surface area (Å²) < 4.78 is 0.916. The van der Waals surface area contributed by atoms with Crippen molar-refractivity contribution in [2.75, 3.05) is 10.2 Å². The standard InChI is InChI=1S/C18H14BrClN2O2/c1-10-4-3-5-14(11(10)2)22-17(23)15(20)16(18(22)24)21-13-8-6-12(19)7-9-13/h3-9,21H,1-2H3. The molecule has 6 heteroatoms. The van der Waals surface area contributed by atoms with Crippen LogP contribution in [0.4, 0.5) is 11.4 Å². The maximum atomic E-state index is 12.8. The van der Waals surface area contributed by atoms with Crippen LogP contribution in [0.3, 0.4) is 0 Å². The second kappa shape index (κ2) is 6.42. The first kappa shape index (κ1) is 16.7. The van der Waals surface area contributed by atoms with E-state index < -0.39 is 11.8 Å². The Morgan fingerprint density at radius 1 is 1.00 bits per heavy atom. The zero-order valence-corrected chi connectivity index (χ0v) is 15.4. The lowest BCUT2D eigenvalue weighted by molar-refractivity contribution is -0.120. The van der Waals surface area contributed by atoms with Gasteiger partial charge in [0.25, 0.3) is 11.8 Å². The van der Waals surface area contributed by atoms with E-state index >= 15 is 0 Å². The average Bonchev–Trinajstić information content (AvgIpc) is 2.76. The molecular weight excluding hydrogens is 392 g/mol. The maximum absolute atomic E-state index is 12.8. The predicted octanol–water partition coefficient (Wildman–Crippen LogP) is 4.50. The van der Waals surface area contributed by atoms with Crippen molar-refractivity contribution in [3.63, 3.8) is 0 Å². The van der Waals surface area contributed by atoms with Crippen LogP contribution in [0.5, 0.6) is 0 Å². The van der Waals surface area contributed by atoms with Gasteiger partial charge in [-0.15, -0.1) is 0 Å². The fourth-order valence-corrected chi connectivity index (χ4v) is 2.96. The molecule has 1 heterocycles. The first-order valence-electron chi connectivity index (χ1n) is 7.27. The molecule has 0 radical (unpaired) electrons. The van der Waals surface area contributed by atoms with Gasteiger partial charge in [-0.2, -0.15) is 0 Å². The highest BCUT2D eigenvalue weighted by Crippen LogP contribution is 2.32. The monoisotopic (exact) mass is 404 g/mol. The Morgan fingerprint density at radius 2 is 1.67 bits per heavy atom. The van der Waals surface area contributed by atoms with E-state index in [1.54, 1.807) is 18.2 Å². The predicted molar refractivity (Wildman–Crippen MR) is 99.1 cm³/mol. The highest BCUT2D eigenvalue weighted by atomic mass is 79.9. The second-order valence-corrected chi connectivity index (χ2v) is 6.78. The van der Waals surface area contributed by atoms with Gasteiger partial charge in [0.15, 0.2) is 0 Å². The van der Waals surface area contributed by atoms with Crippen LogP contribution in [0, 0.1) is 13.8 Å². The van der Waals surface area contributed by atoms with Crippen LogP contribution in [0.2, 0.25) is 0 Å². The molecule has 1 N–H and O–H groups in total. The number of imide groups is 1. The third-order valence-corrected chi connectivity index (χ3v) is 4.84. The molecule has 0 aliphatic carbocycles. The van der Waals surface area contributed by atoms with Gasteiger partial charge in [0.1, 0.15) is 10.7 Å². The van der Waals surface area contributed by atoms with Crippen LogP contribution < -0.4 is 10.2 Å².